The second-order valence-electron chi connectivity index (χ2n) is 17.2. The van der Waals surface area contributed by atoms with Crippen LogP contribution in [0.1, 0.15) is 258 Å². The molecule has 0 rings (SSSR count). The second kappa shape index (κ2) is 44.9. The van der Waals surface area contributed by atoms with Gasteiger partial charge in [0.1, 0.15) is 12.2 Å². The number of carbonyl (C=O) groups excluding carboxylic acids is 1. The highest BCUT2D eigenvalue weighted by molar-refractivity contribution is 5.80. The van der Waals surface area contributed by atoms with Crippen molar-refractivity contribution >= 4 is 5.91 Å². The Kier molecular flexibility index (Phi) is 43.9. The maximum atomic E-state index is 12.5. The van der Waals surface area contributed by atoms with Gasteiger partial charge in [-0.2, -0.15) is 0 Å². The minimum atomic E-state index is -1.29. The molecule has 0 aromatic heterocycles. The first-order chi connectivity index (χ1) is 27.5. The zero-order valence-electron chi connectivity index (χ0n) is 37.4. The van der Waals surface area contributed by atoms with E-state index in [2.05, 4.69) is 43.5 Å². The van der Waals surface area contributed by atoms with Crippen LogP contribution in [0.5, 0.6) is 0 Å². The van der Waals surface area contributed by atoms with E-state index in [1.807, 2.05) is 0 Å². The van der Waals surface area contributed by atoms with Crippen LogP contribution in [0.2, 0.25) is 0 Å². The van der Waals surface area contributed by atoms with Crippen LogP contribution in [0.3, 0.4) is 0 Å². The Balaban J connectivity index is 3.60. The fraction of sp³-hybridized carbons (Fsp3) is 0.900. The van der Waals surface area contributed by atoms with Crippen LogP contribution in [0, 0.1) is 0 Å². The van der Waals surface area contributed by atoms with Gasteiger partial charge in [-0.1, -0.05) is 231 Å². The van der Waals surface area contributed by atoms with Crippen molar-refractivity contribution in [1.82, 2.24) is 5.32 Å². The van der Waals surface area contributed by atoms with Gasteiger partial charge in [0.2, 0.25) is 5.91 Å². The number of hydrogen-bond acceptors (Lipinski definition) is 5. The zero-order valence-corrected chi connectivity index (χ0v) is 37.4. The molecule has 0 aliphatic carbocycles. The van der Waals surface area contributed by atoms with E-state index in [-0.39, 0.29) is 0 Å². The summed E-state index contributed by atoms with van der Waals surface area (Å²) in [5.41, 5.74) is 0. The van der Waals surface area contributed by atoms with Crippen molar-refractivity contribution in [3.05, 3.63) is 24.3 Å². The highest BCUT2D eigenvalue weighted by Crippen LogP contribution is 2.17. The highest BCUT2D eigenvalue weighted by Gasteiger charge is 2.28. The van der Waals surface area contributed by atoms with Crippen molar-refractivity contribution in [3.63, 3.8) is 0 Å². The number of amides is 1. The lowest BCUT2D eigenvalue weighted by Crippen LogP contribution is -2.53. The van der Waals surface area contributed by atoms with E-state index in [1.54, 1.807) is 0 Å². The van der Waals surface area contributed by atoms with Crippen LogP contribution < -0.4 is 5.32 Å². The Hall–Kier alpha value is -1.21. The van der Waals surface area contributed by atoms with Gasteiger partial charge >= 0.3 is 0 Å². The number of unbranched alkanes of at least 4 members (excludes halogenated alkanes) is 32. The lowest BCUT2D eigenvalue weighted by atomic mass is 10.00. The van der Waals surface area contributed by atoms with Gasteiger partial charge in [0.05, 0.1) is 18.8 Å². The van der Waals surface area contributed by atoms with Crippen molar-refractivity contribution in [3.8, 4) is 0 Å². The van der Waals surface area contributed by atoms with Crippen LogP contribution >= 0.6 is 0 Å². The lowest BCUT2D eigenvalue weighted by molar-refractivity contribution is -0.132. The lowest BCUT2D eigenvalue weighted by Gasteiger charge is -2.27. The average molecular weight is 792 g/mol. The van der Waals surface area contributed by atoms with E-state index in [4.69, 9.17) is 0 Å². The van der Waals surface area contributed by atoms with Gasteiger partial charge in [0, 0.05) is 0 Å². The molecular formula is C50H97NO5. The minimum Gasteiger partial charge on any atom is -0.394 e. The quantitative estimate of drug-likeness (QED) is 0.0312. The van der Waals surface area contributed by atoms with Crippen molar-refractivity contribution in [1.29, 1.82) is 0 Å². The SMILES string of the molecule is CCCCC/C=C/CC/C=C/CCCC(O)C(O)C(CO)NC(=O)C(O)CCCCCCCCCCCCCCCCCCCCCCCCCCCCCC. The van der Waals surface area contributed by atoms with Gasteiger partial charge in [-0.25, -0.2) is 0 Å². The number of hydrogen-bond donors (Lipinski definition) is 5. The summed E-state index contributed by atoms with van der Waals surface area (Å²) in [6.07, 6.45) is 52.4. The van der Waals surface area contributed by atoms with Crippen LogP contribution in [0.15, 0.2) is 24.3 Å². The first-order valence-electron chi connectivity index (χ1n) is 24.7. The van der Waals surface area contributed by atoms with Gasteiger partial charge in [0.25, 0.3) is 0 Å². The molecule has 1 amide bonds. The van der Waals surface area contributed by atoms with Crippen molar-refractivity contribution in [2.24, 2.45) is 0 Å². The number of allylic oxidation sites excluding steroid dienone is 4. The summed E-state index contributed by atoms with van der Waals surface area (Å²) >= 11 is 0. The van der Waals surface area contributed by atoms with Crippen molar-refractivity contribution in [2.45, 2.75) is 282 Å². The Labute approximate surface area is 348 Å². The monoisotopic (exact) mass is 792 g/mol. The van der Waals surface area contributed by atoms with Crippen LogP contribution in [-0.2, 0) is 4.79 Å². The summed E-state index contributed by atoms with van der Waals surface area (Å²) in [5.74, 6) is -0.595. The molecule has 0 aromatic carbocycles. The summed E-state index contributed by atoms with van der Waals surface area (Å²) in [5, 5.41) is 43.6. The molecule has 5 N–H and O–H groups in total. The molecule has 0 fully saturated rings. The molecule has 0 saturated carbocycles. The predicted molar refractivity (Wildman–Crippen MR) is 242 cm³/mol. The van der Waals surface area contributed by atoms with E-state index in [0.717, 1.165) is 44.9 Å². The van der Waals surface area contributed by atoms with Crippen molar-refractivity contribution < 1.29 is 25.2 Å². The Morgan fingerprint density at radius 2 is 0.750 bits per heavy atom. The maximum absolute atomic E-state index is 12.5. The summed E-state index contributed by atoms with van der Waals surface area (Å²) in [4.78, 5) is 12.5. The Bertz CT molecular complexity index is 847. The Morgan fingerprint density at radius 1 is 0.429 bits per heavy atom. The topological polar surface area (TPSA) is 110 Å². The number of aliphatic hydroxyl groups is 4. The number of nitrogens with one attached hydrogen (secondary N) is 1. The molecule has 0 heterocycles. The molecule has 0 radical (unpaired) electrons. The van der Waals surface area contributed by atoms with Gasteiger partial charge in [-0.3, -0.25) is 4.79 Å². The normalized spacial score (nSPS) is 14.2. The maximum Gasteiger partial charge on any atom is 0.249 e. The summed E-state index contributed by atoms with van der Waals surface area (Å²) in [6, 6.07) is -1.00. The Morgan fingerprint density at radius 3 is 1.12 bits per heavy atom. The van der Waals surface area contributed by atoms with Crippen LogP contribution in [-0.4, -0.2) is 57.3 Å². The van der Waals surface area contributed by atoms with Gasteiger partial charge in [-0.05, 0) is 51.4 Å². The van der Waals surface area contributed by atoms with Gasteiger partial charge in [0.15, 0.2) is 0 Å². The first kappa shape index (κ1) is 54.8. The standard InChI is InChI=1S/C50H97NO5/c1-3-5-7-9-11-13-15-17-18-19-20-21-22-23-24-25-26-27-28-29-30-31-32-34-36-38-40-42-44-48(54)50(56)51-46(45-52)49(55)47(53)43-41-39-37-35-33-16-14-12-10-8-6-4-2/h12,14,35,37,46-49,52-55H,3-11,13,15-34,36,38-45H2,1-2H3,(H,51,56)/b14-12+,37-35+. The molecule has 0 spiro atoms. The molecule has 6 nitrogen and oxygen atoms in total. The molecule has 56 heavy (non-hydrogen) atoms. The third-order valence-electron chi connectivity index (χ3n) is 11.6. The molecule has 6 heteroatoms. The molecule has 0 aliphatic rings. The van der Waals surface area contributed by atoms with Crippen LogP contribution in [0.25, 0.3) is 0 Å². The minimum absolute atomic E-state index is 0.364. The summed E-state index contributed by atoms with van der Waals surface area (Å²) in [6.45, 7) is 4.01. The molecule has 0 saturated heterocycles. The smallest absolute Gasteiger partial charge is 0.249 e. The van der Waals surface area contributed by atoms with E-state index in [9.17, 15) is 25.2 Å². The summed E-state index contributed by atoms with van der Waals surface area (Å²) in [7, 11) is 0. The van der Waals surface area contributed by atoms with Gasteiger partial charge in [-0.15, -0.1) is 0 Å². The van der Waals surface area contributed by atoms with Crippen molar-refractivity contribution in [2.75, 3.05) is 6.61 Å². The molecule has 0 aromatic rings. The summed E-state index contributed by atoms with van der Waals surface area (Å²) < 4.78 is 0. The van der Waals surface area contributed by atoms with E-state index in [1.165, 1.54) is 180 Å². The van der Waals surface area contributed by atoms with E-state index >= 15 is 0 Å². The fourth-order valence-electron chi connectivity index (χ4n) is 7.72. The first-order valence-corrected chi connectivity index (χ1v) is 24.7. The molecule has 0 aliphatic heterocycles. The van der Waals surface area contributed by atoms with E-state index < -0.39 is 36.9 Å². The number of aliphatic hydroxyl groups excluding tert-OH is 4. The third-order valence-corrected chi connectivity index (χ3v) is 11.6. The number of carbonyl (C=O) groups is 1. The largest absolute Gasteiger partial charge is 0.394 e. The van der Waals surface area contributed by atoms with E-state index in [0.29, 0.717) is 19.3 Å². The molecule has 4 unspecified atom stereocenters. The molecule has 332 valence electrons. The third kappa shape index (κ3) is 38.3. The van der Waals surface area contributed by atoms with Crippen LogP contribution in [0.4, 0.5) is 0 Å². The second-order valence-corrected chi connectivity index (χ2v) is 17.2. The highest BCUT2D eigenvalue weighted by atomic mass is 16.3. The molecule has 0 bridgehead atoms. The molecular weight excluding hydrogens is 695 g/mol. The fourth-order valence-corrected chi connectivity index (χ4v) is 7.72. The number of rotatable bonds is 45. The molecule has 4 atom stereocenters. The zero-order chi connectivity index (χ0) is 41.0. The average Bonchev–Trinajstić information content (AvgIpc) is 3.20. The van der Waals surface area contributed by atoms with Gasteiger partial charge < -0.3 is 25.7 Å². The predicted octanol–water partition coefficient (Wildman–Crippen LogP) is 13.5.